The molecule has 1 saturated heterocycles. The third kappa shape index (κ3) is 4.53. The third-order valence-electron chi connectivity index (χ3n) is 4.58. The molecule has 1 N–H and O–H groups in total. The number of likely N-dealkylation sites (tertiary alicyclic amines) is 1. The van der Waals surface area contributed by atoms with E-state index in [4.69, 9.17) is 0 Å². The van der Waals surface area contributed by atoms with E-state index in [1.807, 2.05) is 36.2 Å². The Balaban J connectivity index is 1.66. The average Bonchev–Trinajstić information content (AvgIpc) is 2.68. The SMILES string of the molecule is CCNc1ncc(C(=O)N2CCCCC2CCc2ccccn2)cn1. The molecular weight excluding hydrogens is 314 g/mol. The van der Waals surface area contributed by atoms with Crippen molar-refractivity contribution in [1.82, 2.24) is 19.9 Å². The number of pyridine rings is 1. The molecule has 2 aromatic rings. The van der Waals surface area contributed by atoms with Gasteiger partial charge >= 0.3 is 0 Å². The van der Waals surface area contributed by atoms with Crippen LogP contribution in [0.2, 0.25) is 0 Å². The molecule has 2 aromatic heterocycles. The summed E-state index contributed by atoms with van der Waals surface area (Å²) in [5, 5.41) is 3.05. The molecule has 132 valence electrons. The van der Waals surface area contributed by atoms with E-state index in [1.54, 1.807) is 12.4 Å². The molecule has 6 heteroatoms. The normalized spacial score (nSPS) is 17.3. The first kappa shape index (κ1) is 17.3. The van der Waals surface area contributed by atoms with Crippen molar-refractivity contribution < 1.29 is 4.79 Å². The maximum absolute atomic E-state index is 12.9. The highest BCUT2D eigenvalue weighted by Crippen LogP contribution is 2.23. The molecule has 1 amide bonds. The van der Waals surface area contributed by atoms with E-state index in [9.17, 15) is 4.79 Å². The van der Waals surface area contributed by atoms with Crippen molar-refractivity contribution in [3.8, 4) is 0 Å². The first-order chi connectivity index (χ1) is 12.3. The number of hydrogen-bond donors (Lipinski definition) is 1. The fraction of sp³-hybridized carbons (Fsp3) is 0.474. The molecule has 0 radical (unpaired) electrons. The van der Waals surface area contributed by atoms with Gasteiger partial charge in [0.05, 0.1) is 5.56 Å². The second-order valence-electron chi connectivity index (χ2n) is 6.33. The fourth-order valence-corrected chi connectivity index (χ4v) is 3.28. The van der Waals surface area contributed by atoms with Crippen LogP contribution in [0.1, 0.15) is 48.7 Å². The van der Waals surface area contributed by atoms with E-state index in [0.29, 0.717) is 11.5 Å². The Morgan fingerprint density at radius 2 is 2.08 bits per heavy atom. The summed E-state index contributed by atoms with van der Waals surface area (Å²) in [5.41, 5.74) is 1.64. The van der Waals surface area contributed by atoms with Gasteiger partial charge in [0.1, 0.15) is 0 Å². The van der Waals surface area contributed by atoms with Crippen LogP contribution in [0.5, 0.6) is 0 Å². The lowest BCUT2D eigenvalue weighted by atomic mass is 9.96. The van der Waals surface area contributed by atoms with Gasteiger partial charge in [-0.25, -0.2) is 9.97 Å². The summed E-state index contributed by atoms with van der Waals surface area (Å²) in [6, 6.07) is 6.24. The number of carbonyl (C=O) groups is 1. The number of hydrogen-bond acceptors (Lipinski definition) is 5. The number of rotatable bonds is 6. The van der Waals surface area contributed by atoms with Crippen molar-refractivity contribution in [3.05, 3.63) is 48.0 Å². The number of nitrogens with one attached hydrogen (secondary N) is 1. The van der Waals surface area contributed by atoms with Gasteiger partial charge in [-0.15, -0.1) is 0 Å². The molecule has 1 aliphatic rings. The van der Waals surface area contributed by atoms with Crippen LogP contribution < -0.4 is 5.32 Å². The van der Waals surface area contributed by atoms with Crippen molar-refractivity contribution in [2.75, 3.05) is 18.4 Å². The van der Waals surface area contributed by atoms with Gasteiger partial charge in [-0.2, -0.15) is 0 Å². The van der Waals surface area contributed by atoms with Crippen molar-refractivity contribution in [3.63, 3.8) is 0 Å². The minimum atomic E-state index is 0.0359. The Labute approximate surface area is 148 Å². The highest BCUT2D eigenvalue weighted by atomic mass is 16.2. The molecule has 1 atom stereocenters. The van der Waals surface area contributed by atoms with Gasteiger partial charge in [0, 0.05) is 43.4 Å². The Kier molecular flexibility index (Phi) is 5.93. The maximum atomic E-state index is 12.9. The summed E-state index contributed by atoms with van der Waals surface area (Å²) >= 11 is 0. The summed E-state index contributed by atoms with van der Waals surface area (Å²) < 4.78 is 0. The lowest BCUT2D eigenvalue weighted by molar-refractivity contribution is 0.0600. The zero-order chi connectivity index (χ0) is 17.5. The molecule has 1 fully saturated rings. The second-order valence-corrected chi connectivity index (χ2v) is 6.33. The molecule has 3 rings (SSSR count). The quantitative estimate of drug-likeness (QED) is 0.876. The smallest absolute Gasteiger partial charge is 0.257 e. The van der Waals surface area contributed by atoms with Crippen molar-refractivity contribution >= 4 is 11.9 Å². The Bertz CT molecular complexity index is 674. The molecule has 3 heterocycles. The van der Waals surface area contributed by atoms with E-state index in [0.717, 1.165) is 44.5 Å². The number of aryl methyl sites for hydroxylation is 1. The highest BCUT2D eigenvalue weighted by molar-refractivity contribution is 5.94. The van der Waals surface area contributed by atoms with Crippen LogP contribution in [0.15, 0.2) is 36.8 Å². The Morgan fingerprint density at radius 3 is 2.80 bits per heavy atom. The molecule has 1 aliphatic heterocycles. The molecule has 0 aromatic carbocycles. The molecule has 0 aliphatic carbocycles. The van der Waals surface area contributed by atoms with Gasteiger partial charge in [-0.05, 0) is 51.2 Å². The number of anilines is 1. The molecule has 1 unspecified atom stereocenters. The second kappa shape index (κ2) is 8.55. The Morgan fingerprint density at radius 1 is 1.24 bits per heavy atom. The van der Waals surface area contributed by atoms with E-state index < -0.39 is 0 Å². The van der Waals surface area contributed by atoms with E-state index in [2.05, 4.69) is 20.3 Å². The van der Waals surface area contributed by atoms with Crippen LogP contribution in [0.25, 0.3) is 0 Å². The number of carbonyl (C=O) groups excluding carboxylic acids is 1. The predicted molar refractivity (Wildman–Crippen MR) is 97.4 cm³/mol. The van der Waals surface area contributed by atoms with Crippen LogP contribution in [0.4, 0.5) is 5.95 Å². The summed E-state index contributed by atoms with van der Waals surface area (Å²) in [7, 11) is 0. The van der Waals surface area contributed by atoms with Gasteiger partial charge < -0.3 is 10.2 Å². The number of nitrogens with zero attached hydrogens (tertiary/aromatic N) is 4. The topological polar surface area (TPSA) is 71.0 Å². The number of aromatic nitrogens is 3. The third-order valence-corrected chi connectivity index (χ3v) is 4.58. The average molecular weight is 339 g/mol. The lowest BCUT2D eigenvalue weighted by Gasteiger charge is -2.36. The van der Waals surface area contributed by atoms with Crippen molar-refractivity contribution in [1.29, 1.82) is 0 Å². The monoisotopic (exact) mass is 339 g/mol. The van der Waals surface area contributed by atoms with Crippen LogP contribution in [-0.4, -0.2) is 44.9 Å². The maximum Gasteiger partial charge on any atom is 0.257 e. The van der Waals surface area contributed by atoms with E-state index >= 15 is 0 Å². The highest BCUT2D eigenvalue weighted by Gasteiger charge is 2.27. The van der Waals surface area contributed by atoms with Gasteiger partial charge in [0.2, 0.25) is 5.95 Å². The lowest BCUT2D eigenvalue weighted by Crippen LogP contribution is -2.44. The summed E-state index contributed by atoms with van der Waals surface area (Å²) in [4.78, 5) is 27.7. The van der Waals surface area contributed by atoms with Crippen LogP contribution in [0, 0.1) is 0 Å². The zero-order valence-electron chi connectivity index (χ0n) is 14.7. The van der Waals surface area contributed by atoms with Crippen LogP contribution in [0.3, 0.4) is 0 Å². The largest absolute Gasteiger partial charge is 0.355 e. The van der Waals surface area contributed by atoms with Gasteiger partial charge in [0.25, 0.3) is 5.91 Å². The van der Waals surface area contributed by atoms with Crippen LogP contribution >= 0.6 is 0 Å². The Hall–Kier alpha value is -2.50. The summed E-state index contributed by atoms with van der Waals surface area (Å²) in [5.74, 6) is 0.596. The van der Waals surface area contributed by atoms with Gasteiger partial charge in [0.15, 0.2) is 0 Å². The van der Waals surface area contributed by atoms with Gasteiger partial charge in [-0.3, -0.25) is 9.78 Å². The fourth-order valence-electron chi connectivity index (χ4n) is 3.28. The number of piperidine rings is 1. The van der Waals surface area contributed by atoms with Crippen molar-refractivity contribution in [2.45, 2.75) is 45.1 Å². The molecular formula is C19H25N5O. The minimum Gasteiger partial charge on any atom is -0.355 e. The van der Waals surface area contributed by atoms with E-state index in [-0.39, 0.29) is 11.9 Å². The zero-order valence-corrected chi connectivity index (χ0v) is 14.7. The van der Waals surface area contributed by atoms with Crippen molar-refractivity contribution in [2.24, 2.45) is 0 Å². The molecule has 6 nitrogen and oxygen atoms in total. The predicted octanol–water partition coefficient (Wildman–Crippen LogP) is 2.93. The summed E-state index contributed by atoms with van der Waals surface area (Å²) in [6.07, 6.45) is 10.2. The van der Waals surface area contributed by atoms with E-state index in [1.165, 1.54) is 6.42 Å². The van der Waals surface area contributed by atoms with Crippen LogP contribution in [-0.2, 0) is 6.42 Å². The van der Waals surface area contributed by atoms with Gasteiger partial charge in [-0.1, -0.05) is 6.07 Å². The molecule has 0 bridgehead atoms. The number of amides is 1. The first-order valence-corrected chi connectivity index (χ1v) is 9.04. The first-order valence-electron chi connectivity index (χ1n) is 9.04. The standard InChI is InChI=1S/C19H25N5O/c1-2-20-19-22-13-15(14-23-19)18(25)24-12-6-4-8-17(24)10-9-16-7-3-5-11-21-16/h3,5,7,11,13-14,17H,2,4,6,8-10,12H2,1H3,(H,20,22,23). The minimum absolute atomic E-state index is 0.0359. The molecule has 25 heavy (non-hydrogen) atoms. The molecule has 0 saturated carbocycles. The summed E-state index contributed by atoms with van der Waals surface area (Å²) in [6.45, 7) is 3.55. The molecule has 0 spiro atoms.